The monoisotopic (exact) mass is 352 g/mol. The SMILES string of the molecule is Cc1cc(=O)oc2cc(O[C@H]3O[C@H](CCO)[C@@H](O)[C@H](O)[C@H]3O)ccc12. The average molecular weight is 352 g/mol. The molecule has 1 aliphatic rings. The van der Waals surface area contributed by atoms with Crippen LogP contribution in [0.1, 0.15) is 12.0 Å². The highest BCUT2D eigenvalue weighted by molar-refractivity contribution is 5.81. The Morgan fingerprint density at radius 2 is 1.88 bits per heavy atom. The fourth-order valence-corrected chi connectivity index (χ4v) is 2.89. The van der Waals surface area contributed by atoms with Gasteiger partial charge in [-0.2, -0.15) is 0 Å². The van der Waals surface area contributed by atoms with Gasteiger partial charge in [0.25, 0.3) is 0 Å². The van der Waals surface area contributed by atoms with Gasteiger partial charge in [-0.05, 0) is 31.0 Å². The summed E-state index contributed by atoms with van der Waals surface area (Å²) in [7, 11) is 0. The van der Waals surface area contributed by atoms with Crippen LogP contribution < -0.4 is 10.4 Å². The predicted molar refractivity (Wildman–Crippen MR) is 86.2 cm³/mol. The second kappa shape index (κ2) is 7.11. The van der Waals surface area contributed by atoms with Gasteiger partial charge in [-0.3, -0.25) is 0 Å². The van der Waals surface area contributed by atoms with E-state index in [2.05, 4.69) is 0 Å². The molecule has 1 aromatic heterocycles. The fraction of sp³-hybridized carbons (Fsp3) is 0.471. The maximum Gasteiger partial charge on any atom is 0.336 e. The number of hydrogen-bond donors (Lipinski definition) is 4. The lowest BCUT2D eigenvalue weighted by atomic mass is 9.97. The summed E-state index contributed by atoms with van der Waals surface area (Å²) in [6, 6.07) is 6.19. The first kappa shape index (κ1) is 17.8. The lowest BCUT2D eigenvalue weighted by Crippen LogP contribution is -2.59. The van der Waals surface area contributed by atoms with Crippen molar-refractivity contribution in [2.75, 3.05) is 6.61 Å². The molecular formula is C17H20O8. The summed E-state index contributed by atoms with van der Waals surface area (Å²) >= 11 is 0. The van der Waals surface area contributed by atoms with Crippen LogP contribution in [0.4, 0.5) is 0 Å². The summed E-state index contributed by atoms with van der Waals surface area (Å²) < 4.78 is 16.2. The second-order valence-corrected chi connectivity index (χ2v) is 6.05. The molecule has 0 radical (unpaired) electrons. The molecular weight excluding hydrogens is 332 g/mol. The number of aliphatic hydroxyl groups is 4. The Hall–Kier alpha value is -1.97. The van der Waals surface area contributed by atoms with Gasteiger partial charge in [-0.25, -0.2) is 4.79 Å². The average Bonchev–Trinajstić information content (AvgIpc) is 2.57. The highest BCUT2D eigenvalue weighted by Crippen LogP contribution is 2.28. The Morgan fingerprint density at radius 1 is 1.12 bits per heavy atom. The van der Waals surface area contributed by atoms with Gasteiger partial charge < -0.3 is 34.3 Å². The number of ether oxygens (including phenoxy) is 2. The molecule has 0 bridgehead atoms. The third-order valence-electron chi connectivity index (χ3n) is 4.26. The van der Waals surface area contributed by atoms with Gasteiger partial charge in [0, 0.05) is 24.1 Å². The van der Waals surface area contributed by atoms with E-state index in [1.54, 1.807) is 19.1 Å². The Morgan fingerprint density at radius 3 is 2.60 bits per heavy atom. The van der Waals surface area contributed by atoms with Crippen LogP contribution in [-0.4, -0.2) is 57.7 Å². The topological polar surface area (TPSA) is 130 Å². The molecule has 8 heteroatoms. The molecule has 5 atom stereocenters. The summed E-state index contributed by atoms with van der Waals surface area (Å²) in [5, 5.41) is 39.6. The fourth-order valence-electron chi connectivity index (χ4n) is 2.89. The Balaban J connectivity index is 1.85. The van der Waals surface area contributed by atoms with Gasteiger partial charge in [0.2, 0.25) is 6.29 Å². The molecule has 1 aliphatic heterocycles. The van der Waals surface area contributed by atoms with E-state index < -0.39 is 36.3 Å². The molecule has 2 aromatic rings. The number of fused-ring (bicyclic) bond motifs is 1. The molecule has 0 aliphatic carbocycles. The van der Waals surface area contributed by atoms with Gasteiger partial charge in [0.05, 0.1) is 6.10 Å². The summed E-state index contributed by atoms with van der Waals surface area (Å²) in [6.45, 7) is 1.53. The molecule has 8 nitrogen and oxygen atoms in total. The van der Waals surface area contributed by atoms with Crippen LogP contribution in [0.25, 0.3) is 11.0 Å². The first-order chi connectivity index (χ1) is 11.9. The predicted octanol–water partition coefficient (Wildman–Crippen LogP) is -0.330. The van der Waals surface area contributed by atoms with Crippen LogP contribution in [-0.2, 0) is 4.74 Å². The molecule has 3 rings (SSSR count). The van der Waals surface area contributed by atoms with Crippen molar-refractivity contribution in [3.63, 3.8) is 0 Å². The van der Waals surface area contributed by atoms with Gasteiger partial charge in [-0.15, -0.1) is 0 Å². The molecule has 1 saturated heterocycles. The normalized spacial score (nSPS) is 29.7. The molecule has 25 heavy (non-hydrogen) atoms. The highest BCUT2D eigenvalue weighted by atomic mass is 16.7. The first-order valence-corrected chi connectivity index (χ1v) is 7.92. The lowest BCUT2D eigenvalue weighted by Gasteiger charge is -2.40. The number of hydrogen-bond acceptors (Lipinski definition) is 8. The second-order valence-electron chi connectivity index (χ2n) is 6.05. The van der Waals surface area contributed by atoms with Crippen LogP contribution in [0.2, 0.25) is 0 Å². The van der Waals surface area contributed by atoms with E-state index in [0.29, 0.717) is 5.58 Å². The molecule has 136 valence electrons. The van der Waals surface area contributed by atoms with E-state index in [-0.39, 0.29) is 18.8 Å². The van der Waals surface area contributed by atoms with Crippen LogP contribution >= 0.6 is 0 Å². The molecule has 1 fully saturated rings. The molecule has 0 spiro atoms. The van der Waals surface area contributed by atoms with E-state index in [9.17, 15) is 20.1 Å². The van der Waals surface area contributed by atoms with E-state index in [1.165, 1.54) is 12.1 Å². The number of aryl methyl sites for hydroxylation is 1. The molecule has 4 N–H and O–H groups in total. The van der Waals surface area contributed by atoms with Crippen molar-refractivity contribution in [2.24, 2.45) is 0 Å². The van der Waals surface area contributed by atoms with Crippen LogP contribution in [0.5, 0.6) is 5.75 Å². The maximum atomic E-state index is 11.5. The van der Waals surface area contributed by atoms with Crippen molar-refractivity contribution >= 4 is 11.0 Å². The zero-order chi connectivity index (χ0) is 18.1. The van der Waals surface area contributed by atoms with Gasteiger partial charge in [0.1, 0.15) is 29.6 Å². The summed E-state index contributed by atoms with van der Waals surface area (Å²) in [6.07, 6.45) is -6.34. The van der Waals surface area contributed by atoms with Crippen LogP contribution in [0.15, 0.2) is 33.5 Å². The minimum atomic E-state index is -1.48. The minimum Gasteiger partial charge on any atom is -0.462 e. The van der Waals surface area contributed by atoms with Gasteiger partial charge in [-0.1, -0.05) is 0 Å². The first-order valence-electron chi connectivity index (χ1n) is 7.92. The summed E-state index contributed by atoms with van der Waals surface area (Å²) in [4.78, 5) is 11.5. The van der Waals surface area contributed by atoms with Gasteiger partial charge in [0.15, 0.2) is 0 Å². The molecule has 0 unspecified atom stereocenters. The third-order valence-corrected chi connectivity index (χ3v) is 4.26. The smallest absolute Gasteiger partial charge is 0.336 e. The molecule has 0 saturated carbocycles. The van der Waals surface area contributed by atoms with Crippen LogP contribution in [0.3, 0.4) is 0 Å². The highest BCUT2D eigenvalue weighted by Gasteiger charge is 2.44. The van der Waals surface area contributed by atoms with E-state index in [4.69, 9.17) is 19.0 Å². The van der Waals surface area contributed by atoms with Gasteiger partial charge >= 0.3 is 5.63 Å². The standard InChI is InChI=1S/C17H20O8/c1-8-6-13(19)24-12-7-9(2-3-10(8)12)23-17-16(22)15(21)14(20)11(25-17)4-5-18/h2-3,6-7,11,14-18,20-22H,4-5H2,1H3/t11-,14-,15+,16-,17+/m1/s1. The van der Waals surface area contributed by atoms with Crippen molar-refractivity contribution in [3.8, 4) is 5.75 Å². The van der Waals surface area contributed by atoms with Crippen molar-refractivity contribution < 1.29 is 34.3 Å². The van der Waals surface area contributed by atoms with Crippen molar-refractivity contribution in [3.05, 3.63) is 40.2 Å². The maximum absolute atomic E-state index is 11.5. The van der Waals surface area contributed by atoms with E-state index in [1.807, 2.05) is 0 Å². The zero-order valence-electron chi connectivity index (χ0n) is 13.5. The summed E-state index contributed by atoms with van der Waals surface area (Å²) in [5.41, 5.74) is 0.589. The number of rotatable bonds is 4. The number of aliphatic hydroxyl groups excluding tert-OH is 4. The largest absolute Gasteiger partial charge is 0.462 e. The van der Waals surface area contributed by atoms with Crippen molar-refractivity contribution in [1.82, 2.24) is 0 Å². The van der Waals surface area contributed by atoms with E-state index in [0.717, 1.165) is 10.9 Å². The molecule has 1 aromatic carbocycles. The third kappa shape index (κ3) is 3.53. The number of benzene rings is 1. The Kier molecular flexibility index (Phi) is 5.07. The van der Waals surface area contributed by atoms with Crippen molar-refractivity contribution in [1.29, 1.82) is 0 Å². The zero-order valence-corrected chi connectivity index (χ0v) is 13.5. The Labute approximate surface area is 142 Å². The van der Waals surface area contributed by atoms with Crippen LogP contribution in [0, 0.1) is 6.92 Å². The van der Waals surface area contributed by atoms with Crippen molar-refractivity contribution in [2.45, 2.75) is 44.1 Å². The van der Waals surface area contributed by atoms with E-state index >= 15 is 0 Å². The Bertz CT molecular complexity index is 801. The summed E-state index contributed by atoms with van der Waals surface area (Å²) in [5.74, 6) is 0.261. The molecule has 0 amide bonds. The molecule has 2 heterocycles. The lowest BCUT2D eigenvalue weighted by molar-refractivity contribution is -0.274. The minimum absolute atomic E-state index is 0.0800. The quantitative estimate of drug-likeness (QED) is 0.551.